The highest BCUT2D eigenvalue weighted by Gasteiger charge is 2.13. The molecule has 0 aliphatic carbocycles. The fourth-order valence-electron chi connectivity index (χ4n) is 1.51. The maximum atomic E-state index is 10.6. The molecule has 0 aromatic heterocycles. The van der Waals surface area contributed by atoms with Gasteiger partial charge in [0.15, 0.2) is 0 Å². The summed E-state index contributed by atoms with van der Waals surface area (Å²) in [5.41, 5.74) is 2.39. The summed E-state index contributed by atoms with van der Waals surface area (Å²) in [5, 5.41) is 9.32. The number of hydrogen-bond donors (Lipinski definition) is 1. The summed E-state index contributed by atoms with van der Waals surface area (Å²) in [7, 11) is 0. The van der Waals surface area contributed by atoms with Gasteiger partial charge in [0.25, 0.3) is 0 Å². The molecule has 0 radical (unpaired) electrons. The largest absolute Gasteiger partial charge is 0.508 e. The van der Waals surface area contributed by atoms with E-state index in [1.165, 1.54) is 0 Å². The van der Waals surface area contributed by atoms with Crippen LogP contribution in [0.1, 0.15) is 11.1 Å². The van der Waals surface area contributed by atoms with E-state index in [9.17, 15) is 9.90 Å². The standard InChI is InChI=1S/C11H10O3/c1-7-2-9(13)4-11-10(7)3-8(5-12)6-14-11/h2-5,13H,6H2,1H3. The molecule has 0 saturated carbocycles. The molecule has 3 heteroatoms. The number of ether oxygens (including phenoxy) is 1. The van der Waals surface area contributed by atoms with Gasteiger partial charge in [-0.2, -0.15) is 0 Å². The van der Waals surface area contributed by atoms with Crippen LogP contribution in [0.15, 0.2) is 17.7 Å². The number of hydrogen-bond acceptors (Lipinski definition) is 3. The van der Waals surface area contributed by atoms with Gasteiger partial charge in [-0.15, -0.1) is 0 Å². The molecule has 2 rings (SSSR count). The molecular formula is C11H10O3. The Balaban J connectivity index is 2.58. The van der Waals surface area contributed by atoms with E-state index in [2.05, 4.69) is 0 Å². The van der Waals surface area contributed by atoms with Gasteiger partial charge in [-0.3, -0.25) is 4.79 Å². The molecule has 72 valence electrons. The lowest BCUT2D eigenvalue weighted by Gasteiger charge is -2.17. The van der Waals surface area contributed by atoms with E-state index in [0.29, 0.717) is 11.3 Å². The predicted octanol–water partition coefficient (Wildman–Crippen LogP) is 1.68. The van der Waals surface area contributed by atoms with Crippen molar-refractivity contribution >= 4 is 12.4 Å². The number of aromatic hydroxyl groups is 1. The first-order valence-corrected chi connectivity index (χ1v) is 4.33. The number of rotatable bonds is 1. The molecule has 1 aliphatic heterocycles. The van der Waals surface area contributed by atoms with E-state index in [1.807, 2.05) is 6.92 Å². The normalized spacial score (nSPS) is 13.9. The molecule has 1 N–H and O–H groups in total. The van der Waals surface area contributed by atoms with Crippen molar-refractivity contribution in [3.63, 3.8) is 0 Å². The van der Waals surface area contributed by atoms with Crippen molar-refractivity contribution in [3.8, 4) is 11.5 Å². The zero-order chi connectivity index (χ0) is 10.1. The molecule has 0 bridgehead atoms. The van der Waals surface area contributed by atoms with Gasteiger partial charge < -0.3 is 9.84 Å². The van der Waals surface area contributed by atoms with Crippen molar-refractivity contribution in [2.45, 2.75) is 6.92 Å². The zero-order valence-corrected chi connectivity index (χ0v) is 7.78. The Bertz CT molecular complexity index is 419. The summed E-state index contributed by atoms with van der Waals surface area (Å²) in [6.45, 7) is 2.14. The van der Waals surface area contributed by atoms with Crippen molar-refractivity contribution in [1.29, 1.82) is 0 Å². The topological polar surface area (TPSA) is 46.5 Å². The number of carbonyl (C=O) groups excluding carboxylic acids is 1. The maximum Gasteiger partial charge on any atom is 0.149 e. The monoisotopic (exact) mass is 190 g/mol. The van der Waals surface area contributed by atoms with Crippen LogP contribution in [0.25, 0.3) is 6.08 Å². The lowest BCUT2D eigenvalue weighted by molar-refractivity contribution is -0.105. The molecule has 0 fully saturated rings. The van der Waals surface area contributed by atoms with Gasteiger partial charge in [-0.25, -0.2) is 0 Å². The van der Waals surface area contributed by atoms with E-state index in [1.54, 1.807) is 18.2 Å². The average Bonchev–Trinajstić information content (AvgIpc) is 2.17. The van der Waals surface area contributed by atoms with Crippen LogP contribution in [-0.4, -0.2) is 18.0 Å². The van der Waals surface area contributed by atoms with E-state index in [0.717, 1.165) is 17.4 Å². The summed E-state index contributed by atoms with van der Waals surface area (Å²) in [5.74, 6) is 0.817. The number of aldehydes is 1. The highest BCUT2D eigenvalue weighted by Crippen LogP contribution is 2.32. The van der Waals surface area contributed by atoms with E-state index < -0.39 is 0 Å². The number of fused-ring (bicyclic) bond motifs is 1. The Morgan fingerprint density at radius 3 is 3.00 bits per heavy atom. The number of phenols is 1. The van der Waals surface area contributed by atoms with E-state index >= 15 is 0 Å². The summed E-state index contributed by atoms with van der Waals surface area (Å²) in [6, 6.07) is 3.20. The van der Waals surface area contributed by atoms with Crippen molar-refractivity contribution in [3.05, 3.63) is 28.8 Å². The molecule has 1 aromatic carbocycles. The molecular weight excluding hydrogens is 180 g/mol. The Kier molecular flexibility index (Phi) is 2.00. The average molecular weight is 190 g/mol. The minimum absolute atomic E-state index is 0.184. The molecule has 1 aromatic rings. The van der Waals surface area contributed by atoms with Crippen LogP contribution < -0.4 is 4.74 Å². The van der Waals surface area contributed by atoms with Crippen molar-refractivity contribution in [1.82, 2.24) is 0 Å². The molecule has 0 unspecified atom stereocenters. The summed E-state index contributed by atoms with van der Waals surface area (Å²) in [6.07, 6.45) is 2.58. The molecule has 1 aliphatic rings. The van der Waals surface area contributed by atoms with Crippen LogP contribution in [0, 0.1) is 6.92 Å². The van der Waals surface area contributed by atoms with Crippen LogP contribution in [0.4, 0.5) is 0 Å². The molecule has 14 heavy (non-hydrogen) atoms. The summed E-state index contributed by atoms with van der Waals surface area (Å²) < 4.78 is 5.33. The molecule has 3 nitrogen and oxygen atoms in total. The lowest BCUT2D eigenvalue weighted by atomic mass is 10.0. The van der Waals surface area contributed by atoms with Crippen molar-refractivity contribution in [2.75, 3.05) is 6.61 Å². The van der Waals surface area contributed by atoms with Gasteiger partial charge in [-0.1, -0.05) is 0 Å². The first-order valence-electron chi connectivity index (χ1n) is 4.33. The quantitative estimate of drug-likeness (QED) is 0.685. The highest BCUT2D eigenvalue weighted by molar-refractivity contribution is 5.85. The molecule has 1 heterocycles. The van der Waals surface area contributed by atoms with Crippen LogP contribution in [0.2, 0.25) is 0 Å². The van der Waals surface area contributed by atoms with Gasteiger partial charge in [0.2, 0.25) is 0 Å². The lowest BCUT2D eigenvalue weighted by Crippen LogP contribution is -2.08. The number of benzene rings is 1. The third-order valence-electron chi connectivity index (χ3n) is 2.21. The Morgan fingerprint density at radius 2 is 2.29 bits per heavy atom. The predicted molar refractivity (Wildman–Crippen MR) is 52.4 cm³/mol. The molecule has 0 atom stereocenters. The van der Waals surface area contributed by atoms with Crippen LogP contribution >= 0.6 is 0 Å². The second-order valence-electron chi connectivity index (χ2n) is 3.30. The van der Waals surface area contributed by atoms with Crippen LogP contribution in [-0.2, 0) is 4.79 Å². The number of phenolic OH excluding ortho intramolecular Hbond substituents is 1. The fraction of sp³-hybridized carbons (Fsp3) is 0.182. The first kappa shape index (κ1) is 8.81. The SMILES string of the molecule is Cc1cc(O)cc2c1C=C(C=O)CO2. The Morgan fingerprint density at radius 1 is 1.50 bits per heavy atom. The van der Waals surface area contributed by atoms with Gasteiger partial charge >= 0.3 is 0 Å². The smallest absolute Gasteiger partial charge is 0.149 e. The first-order chi connectivity index (χ1) is 6.70. The van der Waals surface area contributed by atoms with E-state index in [-0.39, 0.29) is 12.4 Å². The Labute approximate surface area is 81.6 Å². The van der Waals surface area contributed by atoms with E-state index in [4.69, 9.17) is 4.74 Å². The van der Waals surface area contributed by atoms with Gasteiger partial charge in [0.1, 0.15) is 24.4 Å². The summed E-state index contributed by atoms with van der Waals surface area (Å²) >= 11 is 0. The number of aryl methyl sites for hydroxylation is 1. The fourth-order valence-corrected chi connectivity index (χ4v) is 1.51. The summed E-state index contributed by atoms with van der Waals surface area (Å²) in [4.78, 5) is 10.6. The third kappa shape index (κ3) is 1.37. The van der Waals surface area contributed by atoms with Crippen molar-refractivity contribution < 1.29 is 14.6 Å². The molecule has 0 spiro atoms. The van der Waals surface area contributed by atoms with Gasteiger partial charge in [0.05, 0.1) is 0 Å². The molecule has 0 amide bonds. The minimum atomic E-state index is 0.184. The number of carbonyl (C=O) groups is 1. The molecule has 0 saturated heterocycles. The zero-order valence-electron chi connectivity index (χ0n) is 7.78. The van der Waals surface area contributed by atoms with Gasteiger partial charge in [0, 0.05) is 17.2 Å². The maximum absolute atomic E-state index is 10.6. The third-order valence-corrected chi connectivity index (χ3v) is 2.21. The minimum Gasteiger partial charge on any atom is -0.508 e. The Hall–Kier alpha value is -1.77. The van der Waals surface area contributed by atoms with Crippen molar-refractivity contribution in [2.24, 2.45) is 0 Å². The van der Waals surface area contributed by atoms with Gasteiger partial charge in [-0.05, 0) is 24.6 Å². The van der Waals surface area contributed by atoms with Crippen LogP contribution in [0.5, 0.6) is 11.5 Å². The van der Waals surface area contributed by atoms with Crippen LogP contribution in [0.3, 0.4) is 0 Å². The second-order valence-corrected chi connectivity index (χ2v) is 3.30. The highest BCUT2D eigenvalue weighted by atomic mass is 16.5. The second kappa shape index (κ2) is 3.18.